The summed E-state index contributed by atoms with van der Waals surface area (Å²) in [5.41, 5.74) is 9.44. The zero-order chi connectivity index (χ0) is 22.5. The van der Waals surface area contributed by atoms with Gasteiger partial charge in [0.2, 0.25) is 5.91 Å². The maximum atomic E-state index is 13.2. The third-order valence-electron chi connectivity index (χ3n) is 5.94. The van der Waals surface area contributed by atoms with Crippen molar-refractivity contribution in [2.45, 2.75) is 25.4 Å². The summed E-state index contributed by atoms with van der Waals surface area (Å²) in [4.78, 5) is 33.4. The van der Waals surface area contributed by atoms with Gasteiger partial charge in [0.15, 0.2) is 0 Å². The molecule has 1 unspecified atom stereocenters. The van der Waals surface area contributed by atoms with Crippen LogP contribution in [-0.2, 0) is 4.79 Å². The standard InChI is InChI=1S/C26H28N4O2/c1-19-14-22(17-28-16-19)26(32)29-12-13-30(23(18-29)15-24(27)31)25(20-8-4-2-5-9-20)21-10-6-3-7-11-21/h2-11,14,16-17,23,25H,12-13,15,18H2,1H3,(H2,27,31). The molecule has 2 aromatic carbocycles. The summed E-state index contributed by atoms with van der Waals surface area (Å²) in [6.45, 7) is 3.56. The van der Waals surface area contributed by atoms with Gasteiger partial charge < -0.3 is 10.6 Å². The van der Waals surface area contributed by atoms with Crippen LogP contribution in [0, 0.1) is 6.92 Å². The van der Waals surface area contributed by atoms with Crippen molar-refractivity contribution in [2.75, 3.05) is 19.6 Å². The Labute approximate surface area is 188 Å². The Morgan fingerprint density at radius 1 is 1.00 bits per heavy atom. The molecule has 1 saturated heterocycles. The van der Waals surface area contributed by atoms with Crippen LogP contribution in [0.1, 0.15) is 39.5 Å². The molecule has 1 aliphatic heterocycles. The van der Waals surface area contributed by atoms with Gasteiger partial charge in [-0.25, -0.2) is 0 Å². The van der Waals surface area contributed by atoms with E-state index in [0.29, 0.717) is 25.2 Å². The number of pyridine rings is 1. The van der Waals surface area contributed by atoms with Crippen molar-refractivity contribution in [3.05, 3.63) is 101 Å². The van der Waals surface area contributed by atoms with Gasteiger partial charge in [-0.05, 0) is 29.7 Å². The van der Waals surface area contributed by atoms with Crippen molar-refractivity contribution in [1.29, 1.82) is 0 Å². The average molecular weight is 429 g/mol. The van der Waals surface area contributed by atoms with Crippen LogP contribution < -0.4 is 5.73 Å². The molecule has 6 nitrogen and oxygen atoms in total. The first kappa shape index (κ1) is 21.7. The monoisotopic (exact) mass is 428 g/mol. The van der Waals surface area contributed by atoms with Crippen molar-refractivity contribution < 1.29 is 9.59 Å². The second-order valence-electron chi connectivity index (χ2n) is 8.29. The van der Waals surface area contributed by atoms with E-state index >= 15 is 0 Å². The molecule has 0 spiro atoms. The highest BCUT2D eigenvalue weighted by Crippen LogP contribution is 2.33. The second kappa shape index (κ2) is 9.75. The molecule has 0 saturated carbocycles. The van der Waals surface area contributed by atoms with Gasteiger partial charge in [-0.2, -0.15) is 0 Å². The Hall–Kier alpha value is -3.51. The molecule has 6 heteroatoms. The molecular formula is C26H28N4O2. The quantitative estimate of drug-likeness (QED) is 0.654. The second-order valence-corrected chi connectivity index (χ2v) is 8.29. The van der Waals surface area contributed by atoms with E-state index in [-0.39, 0.29) is 30.3 Å². The van der Waals surface area contributed by atoms with E-state index in [1.807, 2.05) is 54.3 Å². The number of rotatable bonds is 6. The lowest BCUT2D eigenvalue weighted by molar-refractivity contribution is -0.120. The third-order valence-corrected chi connectivity index (χ3v) is 5.94. The van der Waals surface area contributed by atoms with Gasteiger partial charge in [0.05, 0.1) is 11.6 Å². The van der Waals surface area contributed by atoms with Crippen molar-refractivity contribution >= 4 is 11.8 Å². The van der Waals surface area contributed by atoms with Gasteiger partial charge in [-0.3, -0.25) is 19.5 Å². The number of nitrogens with zero attached hydrogens (tertiary/aromatic N) is 3. The van der Waals surface area contributed by atoms with E-state index in [1.165, 1.54) is 0 Å². The molecule has 0 radical (unpaired) electrons. The molecule has 164 valence electrons. The van der Waals surface area contributed by atoms with Crippen molar-refractivity contribution in [1.82, 2.24) is 14.8 Å². The third kappa shape index (κ3) is 4.86. The van der Waals surface area contributed by atoms with Crippen LogP contribution >= 0.6 is 0 Å². The summed E-state index contributed by atoms with van der Waals surface area (Å²) in [5, 5.41) is 0. The van der Waals surface area contributed by atoms with E-state index in [0.717, 1.165) is 16.7 Å². The highest BCUT2D eigenvalue weighted by molar-refractivity contribution is 5.94. The predicted molar refractivity (Wildman–Crippen MR) is 124 cm³/mol. The van der Waals surface area contributed by atoms with Crippen molar-refractivity contribution in [3.8, 4) is 0 Å². The van der Waals surface area contributed by atoms with Gasteiger partial charge in [0.1, 0.15) is 0 Å². The number of carbonyl (C=O) groups excluding carboxylic acids is 2. The smallest absolute Gasteiger partial charge is 0.255 e. The predicted octanol–water partition coefficient (Wildman–Crippen LogP) is 3.18. The molecule has 2 amide bonds. The highest BCUT2D eigenvalue weighted by atomic mass is 16.2. The molecule has 1 aromatic heterocycles. The molecule has 1 aliphatic rings. The summed E-state index contributed by atoms with van der Waals surface area (Å²) < 4.78 is 0. The maximum Gasteiger partial charge on any atom is 0.255 e. The molecule has 2 heterocycles. The highest BCUT2D eigenvalue weighted by Gasteiger charge is 2.36. The number of carbonyl (C=O) groups is 2. The number of hydrogen-bond acceptors (Lipinski definition) is 4. The maximum absolute atomic E-state index is 13.2. The summed E-state index contributed by atoms with van der Waals surface area (Å²) in [5.74, 6) is -0.433. The zero-order valence-electron chi connectivity index (χ0n) is 18.2. The van der Waals surface area contributed by atoms with Gasteiger partial charge in [-0.15, -0.1) is 0 Å². The molecule has 1 fully saturated rings. The molecule has 2 N–H and O–H groups in total. The Morgan fingerprint density at radius 3 is 2.19 bits per heavy atom. The number of nitrogens with two attached hydrogens (primary N) is 1. The van der Waals surface area contributed by atoms with E-state index < -0.39 is 0 Å². The Morgan fingerprint density at radius 2 is 1.62 bits per heavy atom. The molecule has 1 atom stereocenters. The van der Waals surface area contributed by atoms with Gasteiger partial charge in [-0.1, -0.05) is 60.7 Å². The fourth-order valence-corrected chi connectivity index (χ4v) is 4.51. The topological polar surface area (TPSA) is 79.5 Å². The van der Waals surface area contributed by atoms with Crippen molar-refractivity contribution in [2.24, 2.45) is 5.73 Å². The SMILES string of the molecule is Cc1cncc(C(=O)N2CCN(C(c3ccccc3)c3ccccc3)C(CC(N)=O)C2)c1. The normalized spacial score (nSPS) is 16.8. The lowest BCUT2D eigenvalue weighted by Gasteiger charge is -2.45. The van der Waals surface area contributed by atoms with Crippen molar-refractivity contribution in [3.63, 3.8) is 0 Å². The van der Waals surface area contributed by atoms with E-state index in [2.05, 4.69) is 34.1 Å². The fraction of sp³-hybridized carbons (Fsp3) is 0.269. The minimum Gasteiger partial charge on any atom is -0.370 e. The number of hydrogen-bond donors (Lipinski definition) is 1. The van der Waals surface area contributed by atoms with Crippen LogP contribution in [-0.4, -0.2) is 52.3 Å². The number of benzene rings is 2. The first-order valence-electron chi connectivity index (χ1n) is 10.9. The lowest BCUT2D eigenvalue weighted by atomic mass is 9.93. The molecule has 32 heavy (non-hydrogen) atoms. The zero-order valence-corrected chi connectivity index (χ0v) is 18.2. The molecule has 0 aliphatic carbocycles. The van der Waals surface area contributed by atoms with Crippen LogP contribution in [0.25, 0.3) is 0 Å². The minimum absolute atomic E-state index is 0.0281. The van der Waals surface area contributed by atoms with E-state index in [9.17, 15) is 9.59 Å². The molecular weight excluding hydrogens is 400 g/mol. The summed E-state index contributed by atoms with van der Waals surface area (Å²) >= 11 is 0. The molecule has 0 bridgehead atoms. The average Bonchev–Trinajstić information content (AvgIpc) is 2.81. The Balaban J connectivity index is 1.65. The first-order chi connectivity index (χ1) is 15.5. The summed E-state index contributed by atoms with van der Waals surface area (Å²) in [6.07, 6.45) is 3.52. The van der Waals surface area contributed by atoms with Crippen LogP contribution in [0.5, 0.6) is 0 Å². The number of piperazine rings is 1. The number of primary amides is 1. The summed E-state index contributed by atoms with van der Waals surface area (Å²) in [7, 11) is 0. The largest absolute Gasteiger partial charge is 0.370 e. The van der Waals surface area contributed by atoms with Crippen LogP contribution in [0.2, 0.25) is 0 Å². The molecule has 4 rings (SSSR count). The fourth-order valence-electron chi connectivity index (χ4n) is 4.51. The first-order valence-corrected chi connectivity index (χ1v) is 10.9. The van der Waals surface area contributed by atoms with Gasteiger partial charge in [0.25, 0.3) is 5.91 Å². The lowest BCUT2D eigenvalue weighted by Crippen LogP contribution is -2.56. The van der Waals surface area contributed by atoms with Crippen LogP contribution in [0.3, 0.4) is 0 Å². The Bertz CT molecular complexity index is 1030. The molecule has 3 aromatic rings. The number of amides is 2. The van der Waals surface area contributed by atoms with E-state index in [4.69, 9.17) is 5.73 Å². The van der Waals surface area contributed by atoms with Crippen LogP contribution in [0.4, 0.5) is 0 Å². The van der Waals surface area contributed by atoms with Gasteiger partial charge >= 0.3 is 0 Å². The number of aromatic nitrogens is 1. The summed E-state index contributed by atoms with van der Waals surface area (Å²) in [6, 6.07) is 22.2. The van der Waals surface area contributed by atoms with Crippen LogP contribution in [0.15, 0.2) is 79.1 Å². The van der Waals surface area contributed by atoms with Gasteiger partial charge in [0, 0.05) is 44.5 Å². The van der Waals surface area contributed by atoms with E-state index in [1.54, 1.807) is 12.4 Å². The minimum atomic E-state index is -0.369. The number of aryl methyl sites for hydroxylation is 1. The Kier molecular flexibility index (Phi) is 6.61.